The average molecular weight is 226 g/mol. The van der Waals surface area contributed by atoms with Crippen molar-refractivity contribution in [3.8, 4) is 16.9 Å². The topological polar surface area (TPSA) is 76.4 Å². The molecule has 0 saturated carbocycles. The zero-order valence-electron chi connectivity index (χ0n) is 8.91. The normalized spacial score (nSPS) is 10.8. The number of para-hydroxylation sites is 1. The van der Waals surface area contributed by atoms with E-state index in [9.17, 15) is 5.11 Å². The van der Waals surface area contributed by atoms with E-state index in [0.29, 0.717) is 11.3 Å². The number of fused-ring (bicyclic) bond motifs is 1. The van der Waals surface area contributed by atoms with Gasteiger partial charge in [0.05, 0.1) is 11.9 Å². The van der Waals surface area contributed by atoms with Crippen molar-refractivity contribution in [2.75, 3.05) is 5.73 Å². The molecular weight excluding hydrogens is 216 g/mol. The molecule has 0 amide bonds. The van der Waals surface area contributed by atoms with Crippen LogP contribution in [0.2, 0.25) is 0 Å². The van der Waals surface area contributed by atoms with Gasteiger partial charge in [0, 0.05) is 23.5 Å². The van der Waals surface area contributed by atoms with Gasteiger partial charge in [-0.1, -0.05) is 18.2 Å². The van der Waals surface area contributed by atoms with E-state index in [0.717, 1.165) is 11.1 Å². The second-order valence-corrected chi connectivity index (χ2v) is 3.73. The fraction of sp³-hybridized carbons (Fsp3) is 0. The number of benzene rings is 1. The quantitative estimate of drug-likeness (QED) is 0.662. The molecule has 0 fully saturated rings. The summed E-state index contributed by atoms with van der Waals surface area (Å²) < 4.78 is 1.59. The molecule has 0 radical (unpaired) electrons. The summed E-state index contributed by atoms with van der Waals surface area (Å²) in [6, 6.07) is 7.09. The predicted molar refractivity (Wildman–Crippen MR) is 64.5 cm³/mol. The Kier molecular flexibility index (Phi) is 1.98. The number of nitrogens with zero attached hydrogens (tertiary/aromatic N) is 3. The zero-order valence-corrected chi connectivity index (χ0v) is 8.91. The van der Waals surface area contributed by atoms with Crippen LogP contribution >= 0.6 is 0 Å². The molecule has 0 aliphatic rings. The van der Waals surface area contributed by atoms with Gasteiger partial charge in [-0.25, -0.2) is 9.50 Å². The number of nitrogen functional groups attached to an aromatic ring is 1. The molecule has 5 nitrogen and oxygen atoms in total. The van der Waals surface area contributed by atoms with Gasteiger partial charge in [0.1, 0.15) is 5.75 Å². The van der Waals surface area contributed by atoms with E-state index in [4.69, 9.17) is 5.73 Å². The molecule has 17 heavy (non-hydrogen) atoms. The van der Waals surface area contributed by atoms with Crippen molar-refractivity contribution in [3.05, 3.63) is 42.9 Å². The second-order valence-electron chi connectivity index (χ2n) is 3.73. The number of phenols is 1. The highest BCUT2D eigenvalue weighted by molar-refractivity contribution is 5.71. The summed E-state index contributed by atoms with van der Waals surface area (Å²) in [5.41, 5.74) is 8.36. The number of aromatic nitrogens is 3. The summed E-state index contributed by atoms with van der Waals surface area (Å²) in [5, 5.41) is 13.8. The molecule has 0 aliphatic heterocycles. The van der Waals surface area contributed by atoms with E-state index >= 15 is 0 Å². The molecule has 2 aromatic heterocycles. The van der Waals surface area contributed by atoms with Gasteiger partial charge < -0.3 is 10.8 Å². The lowest BCUT2D eigenvalue weighted by atomic mass is 10.1. The highest BCUT2D eigenvalue weighted by Crippen LogP contribution is 2.28. The fourth-order valence-electron chi connectivity index (χ4n) is 1.75. The van der Waals surface area contributed by atoms with Crippen LogP contribution in [0.1, 0.15) is 0 Å². The Hall–Kier alpha value is -2.56. The molecule has 0 unspecified atom stereocenters. The highest BCUT2D eigenvalue weighted by atomic mass is 16.3. The standard InChI is InChI=1S/C12H10N4O/c13-10-6-15-16-7-8(5-14-12(10)16)9-3-1-2-4-11(9)17/h1-7,17H,13H2. The molecule has 3 aromatic rings. The van der Waals surface area contributed by atoms with Crippen molar-refractivity contribution in [3.63, 3.8) is 0 Å². The number of hydrogen-bond donors (Lipinski definition) is 2. The molecule has 0 bridgehead atoms. The van der Waals surface area contributed by atoms with Crippen LogP contribution in [-0.4, -0.2) is 19.7 Å². The third kappa shape index (κ3) is 1.48. The van der Waals surface area contributed by atoms with Crippen LogP contribution in [0, 0.1) is 0 Å². The maximum atomic E-state index is 9.76. The molecule has 0 atom stereocenters. The summed E-state index contributed by atoms with van der Waals surface area (Å²) >= 11 is 0. The van der Waals surface area contributed by atoms with Gasteiger partial charge in [-0.15, -0.1) is 0 Å². The maximum Gasteiger partial charge on any atom is 0.178 e. The van der Waals surface area contributed by atoms with Crippen molar-refractivity contribution in [2.45, 2.75) is 0 Å². The van der Waals surface area contributed by atoms with Crippen LogP contribution in [-0.2, 0) is 0 Å². The van der Waals surface area contributed by atoms with Crippen LogP contribution in [0.5, 0.6) is 5.75 Å². The summed E-state index contributed by atoms with van der Waals surface area (Å²) in [5.74, 6) is 0.216. The van der Waals surface area contributed by atoms with Gasteiger partial charge in [0.25, 0.3) is 0 Å². The van der Waals surface area contributed by atoms with Gasteiger partial charge in [0.15, 0.2) is 5.65 Å². The summed E-state index contributed by atoms with van der Waals surface area (Å²) in [4.78, 5) is 4.22. The molecule has 0 spiro atoms. The molecule has 1 aromatic carbocycles. The van der Waals surface area contributed by atoms with E-state index < -0.39 is 0 Å². The van der Waals surface area contributed by atoms with Crippen molar-refractivity contribution in [1.29, 1.82) is 0 Å². The van der Waals surface area contributed by atoms with Crippen LogP contribution < -0.4 is 5.73 Å². The number of anilines is 1. The minimum absolute atomic E-state index is 0.216. The summed E-state index contributed by atoms with van der Waals surface area (Å²) in [6.07, 6.45) is 5.01. The van der Waals surface area contributed by atoms with Crippen molar-refractivity contribution >= 4 is 11.3 Å². The van der Waals surface area contributed by atoms with Crippen LogP contribution in [0.3, 0.4) is 0 Å². The second kappa shape index (κ2) is 3.48. The van der Waals surface area contributed by atoms with Gasteiger partial charge in [-0.05, 0) is 6.07 Å². The Bertz CT molecular complexity index is 690. The fourth-order valence-corrected chi connectivity index (χ4v) is 1.75. The third-order valence-corrected chi connectivity index (χ3v) is 2.60. The van der Waals surface area contributed by atoms with E-state index in [-0.39, 0.29) is 5.75 Å². The largest absolute Gasteiger partial charge is 0.507 e. The van der Waals surface area contributed by atoms with E-state index in [1.807, 2.05) is 12.1 Å². The Morgan fingerprint density at radius 1 is 1.18 bits per heavy atom. The molecule has 2 heterocycles. The van der Waals surface area contributed by atoms with Crippen molar-refractivity contribution < 1.29 is 5.11 Å². The maximum absolute atomic E-state index is 9.76. The van der Waals surface area contributed by atoms with E-state index in [1.165, 1.54) is 0 Å². The number of phenolic OH excluding ortho intramolecular Hbond substituents is 1. The lowest BCUT2D eigenvalue weighted by molar-refractivity contribution is 0.477. The van der Waals surface area contributed by atoms with Crippen LogP contribution in [0.25, 0.3) is 16.8 Å². The first-order chi connectivity index (χ1) is 8.25. The zero-order chi connectivity index (χ0) is 11.8. The minimum Gasteiger partial charge on any atom is -0.507 e. The first-order valence-electron chi connectivity index (χ1n) is 5.13. The van der Waals surface area contributed by atoms with Crippen LogP contribution in [0.4, 0.5) is 5.69 Å². The number of aromatic hydroxyl groups is 1. The SMILES string of the molecule is Nc1cnn2cc(-c3ccccc3O)cnc12. The third-order valence-electron chi connectivity index (χ3n) is 2.60. The van der Waals surface area contributed by atoms with E-state index in [2.05, 4.69) is 10.1 Å². The minimum atomic E-state index is 0.216. The lowest BCUT2D eigenvalue weighted by Gasteiger charge is -2.04. The molecule has 3 N–H and O–H groups in total. The Morgan fingerprint density at radius 2 is 2.00 bits per heavy atom. The molecule has 5 heteroatoms. The first kappa shape index (κ1) is 9.65. The van der Waals surface area contributed by atoms with Gasteiger partial charge >= 0.3 is 0 Å². The molecule has 3 rings (SSSR count). The highest BCUT2D eigenvalue weighted by Gasteiger charge is 2.07. The molecule has 0 saturated heterocycles. The van der Waals surface area contributed by atoms with Gasteiger partial charge in [-0.3, -0.25) is 0 Å². The predicted octanol–water partition coefficient (Wildman–Crippen LogP) is 1.68. The molecular formula is C12H10N4O. The van der Waals surface area contributed by atoms with Gasteiger partial charge in [-0.2, -0.15) is 5.10 Å². The van der Waals surface area contributed by atoms with Gasteiger partial charge in [0.2, 0.25) is 0 Å². The number of rotatable bonds is 1. The number of nitrogens with two attached hydrogens (primary N) is 1. The Labute approximate surface area is 97.1 Å². The lowest BCUT2D eigenvalue weighted by Crippen LogP contribution is -1.93. The van der Waals surface area contributed by atoms with Crippen molar-refractivity contribution in [1.82, 2.24) is 14.6 Å². The first-order valence-corrected chi connectivity index (χ1v) is 5.13. The molecule has 0 aliphatic carbocycles. The Morgan fingerprint density at radius 3 is 2.82 bits per heavy atom. The monoisotopic (exact) mass is 226 g/mol. The van der Waals surface area contributed by atoms with Crippen LogP contribution in [0.15, 0.2) is 42.9 Å². The average Bonchev–Trinajstić information content (AvgIpc) is 2.71. The smallest absolute Gasteiger partial charge is 0.178 e. The molecule has 84 valence electrons. The van der Waals surface area contributed by atoms with E-state index in [1.54, 1.807) is 35.2 Å². The summed E-state index contributed by atoms with van der Waals surface area (Å²) in [7, 11) is 0. The summed E-state index contributed by atoms with van der Waals surface area (Å²) in [6.45, 7) is 0. The van der Waals surface area contributed by atoms with Crippen molar-refractivity contribution in [2.24, 2.45) is 0 Å². The Balaban J connectivity index is 2.22. The number of hydrogen-bond acceptors (Lipinski definition) is 4.